The molecule has 0 radical (unpaired) electrons. The van der Waals surface area contributed by atoms with E-state index in [-0.39, 0.29) is 24.8 Å². The largest absolute Gasteiger partial charge is 0.379 e. The first-order valence-corrected chi connectivity index (χ1v) is 1.17. The van der Waals surface area contributed by atoms with Gasteiger partial charge in [0.1, 0.15) is 0 Å². The summed E-state index contributed by atoms with van der Waals surface area (Å²) >= 11 is 0. The average Bonchev–Trinajstić information content (AvgIpc) is 0.811. The topological polar surface area (TPSA) is 46.2 Å². The molecule has 3 N–H and O–H groups in total. The summed E-state index contributed by atoms with van der Waals surface area (Å²) in [5.74, 6) is 0. The van der Waals surface area contributed by atoms with E-state index in [2.05, 4.69) is 5.73 Å². The fourth-order valence-corrected chi connectivity index (χ4v) is 0. The predicted octanol–water partition coefficient (Wildman–Crippen LogP) is 0.127. The fourth-order valence-electron chi connectivity index (χ4n) is 0. The Morgan fingerprint density at radius 1 is 1.50 bits per heavy atom. The van der Waals surface area contributed by atoms with E-state index in [0.29, 0.717) is 0 Å². The maximum absolute atomic E-state index is 7.83. The van der Waals surface area contributed by atoms with E-state index in [4.69, 9.17) is 5.11 Å². The molecule has 0 aliphatic carbocycles. The second-order valence-corrected chi connectivity index (χ2v) is 0.741. The van der Waals surface area contributed by atoms with E-state index in [0.717, 1.165) is 0 Å². The summed E-state index contributed by atoms with van der Waals surface area (Å²) in [6, 6.07) is 0. The lowest BCUT2D eigenvalue weighted by atomic mass is 10.7. The predicted molar refractivity (Wildman–Crippen MR) is 30.4 cm³/mol. The lowest BCUT2D eigenvalue weighted by Crippen LogP contribution is -2.11. The van der Waals surface area contributed by atoms with Crippen molar-refractivity contribution < 1.29 is 5.11 Å². The van der Waals surface area contributed by atoms with Crippen LogP contribution in [0.1, 0.15) is 6.92 Å². The fraction of sp³-hybridized carbons (Fsp3) is 1.00. The van der Waals surface area contributed by atoms with Gasteiger partial charge in [0.25, 0.3) is 0 Å². The van der Waals surface area contributed by atoms with Crippen LogP contribution in [0.5, 0.6) is 0 Å². The molecule has 0 spiro atoms. The molecule has 1 unspecified atom stereocenters. The first kappa shape index (κ1) is 16.1. The number of aliphatic hydroxyl groups is 1. The number of hydrogen-bond acceptors (Lipinski definition) is 2. The molecule has 1 atom stereocenters. The lowest BCUT2D eigenvalue weighted by Gasteiger charge is -1.82. The Kier molecular flexibility index (Phi) is 24.3. The standard InChI is InChI=1S/C2H7NO.2ClH/c1-2(3)4;;/h2,4H,3H2,1H3;2*1H. The molecule has 0 saturated carbocycles. The van der Waals surface area contributed by atoms with Crippen LogP contribution in [0.15, 0.2) is 0 Å². The Bertz CT molecular complexity index is 16.3. The third-order valence-electron chi connectivity index (χ3n) is 0. The van der Waals surface area contributed by atoms with Gasteiger partial charge in [0.15, 0.2) is 0 Å². The zero-order valence-electron chi connectivity index (χ0n) is 3.42. The summed E-state index contributed by atoms with van der Waals surface area (Å²) in [6.45, 7) is 1.50. The molecule has 0 fully saturated rings. The molecule has 0 bridgehead atoms. The van der Waals surface area contributed by atoms with Crippen molar-refractivity contribution in [3.63, 3.8) is 0 Å². The van der Waals surface area contributed by atoms with Crippen molar-refractivity contribution in [2.45, 2.75) is 13.2 Å². The van der Waals surface area contributed by atoms with Crippen LogP contribution in [0.2, 0.25) is 0 Å². The van der Waals surface area contributed by atoms with Gasteiger partial charge in [-0.2, -0.15) is 0 Å². The third kappa shape index (κ3) is 221. The van der Waals surface area contributed by atoms with Gasteiger partial charge in [0.05, 0.1) is 6.23 Å². The Morgan fingerprint density at radius 2 is 1.50 bits per heavy atom. The van der Waals surface area contributed by atoms with Gasteiger partial charge in [-0.05, 0) is 6.92 Å². The van der Waals surface area contributed by atoms with E-state index in [1.165, 1.54) is 6.92 Å². The van der Waals surface area contributed by atoms with Crippen LogP contribution >= 0.6 is 24.8 Å². The van der Waals surface area contributed by atoms with E-state index in [1.54, 1.807) is 0 Å². The smallest absolute Gasteiger partial charge is 0.0991 e. The first-order chi connectivity index (χ1) is 1.73. The molecule has 0 saturated heterocycles. The molecule has 4 heteroatoms. The normalized spacial score (nSPS) is 10.5. The highest BCUT2D eigenvalue weighted by atomic mass is 35.5. The molecule has 0 aromatic rings. The quantitative estimate of drug-likeness (QED) is 0.462. The van der Waals surface area contributed by atoms with Crippen LogP contribution in [-0.2, 0) is 0 Å². The first-order valence-electron chi connectivity index (χ1n) is 1.17. The Balaban J connectivity index is -0.0000000450. The van der Waals surface area contributed by atoms with Gasteiger partial charge in [0.2, 0.25) is 0 Å². The van der Waals surface area contributed by atoms with Crippen LogP contribution in [-0.4, -0.2) is 11.3 Å². The molecule has 0 aliphatic rings. The SMILES string of the molecule is CC(N)O.Cl.Cl. The highest BCUT2D eigenvalue weighted by Crippen LogP contribution is 1.50. The molecule has 0 rings (SSSR count). The number of hydrogen-bond donors (Lipinski definition) is 2. The summed E-state index contributed by atoms with van der Waals surface area (Å²) in [6.07, 6.45) is -0.667. The molecular formula is C2H9Cl2NO. The zero-order chi connectivity index (χ0) is 3.58. The van der Waals surface area contributed by atoms with Crippen molar-refractivity contribution in [2.24, 2.45) is 5.73 Å². The van der Waals surface area contributed by atoms with E-state index in [1.807, 2.05) is 0 Å². The van der Waals surface area contributed by atoms with Gasteiger partial charge in [0, 0.05) is 0 Å². The zero-order valence-corrected chi connectivity index (χ0v) is 5.05. The molecule has 42 valence electrons. The van der Waals surface area contributed by atoms with Crippen molar-refractivity contribution in [3.05, 3.63) is 0 Å². The van der Waals surface area contributed by atoms with Crippen LogP contribution in [0.4, 0.5) is 0 Å². The van der Waals surface area contributed by atoms with Crippen molar-refractivity contribution in [2.75, 3.05) is 0 Å². The molecule has 0 aromatic carbocycles. The monoisotopic (exact) mass is 133 g/mol. The van der Waals surface area contributed by atoms with Crippen LogP contribution in [0.3, 0.4) is 0 Å². The number of halogens is 2. The maximum atomic E-state index is 7.83. The average molecular weight is 134 g/mol. The maximum Gasteiger partial charge on any atom is 0.0991 e. The second-order valence-electron chi connectivity index (χ2n) is 0.741. The summed E-state index contributed by atoms with van der Waals surface area (Å²) in [5, 5.41) is 7.83. The summed E-state index contributed by atoms with van der Waals surface area (Å²) in [4.78, 5) is 0. The van der Waals surface area contributed by atoms with E-state index < -0.39 is 6.23 Å². The Labute approximate surface area is 49.5 Å². The molecule has 0 heterocycles. The van der Waals surface area contributed by atoms with Gasteiger partial charge < -0.3 is 10.8 Å². The minimum absolute atomic E-state index is 0. The third-order valence-corrected chi connectivity index (χ3v) is 0. The molecule has 0 aliphatic heterocycles. The summed E-state index contributed by atoms with van der Waals surface area (Å²) < 4.78 is 0. The minimum atomic E-state index is -0.667. The molecular weight excluding hydrogens is 125 g/mol. The Morgan fingerprint density at radius 3 is 1.50 bits per heavy atom. The van der Waals surface area contributed by atoms with E-state index >= 15 is 0 Å². The van der Waals surface area contributed by atoms with Gasteiger partial charge in [-0.25, -0.2) is 0 Å². The minimum Gasteiger partial charge on any atom is -0.379 e. The van der Waals surface area contributed by atoms with Crippen LogP contribution in [0, 0.1) is 0 Å². The number of nitrogens with two attached hydrogens (primary N) is 1. The number of rotatable bonds is 0. The molecule has 0 aromatic heterocycles. The molecule has 6 heavy (non-hydrogen) atoms. The lowest BCUT2D eigenvalue weighted by molar-refractivity contribution is 0.203. The van der Waals surface area contributed by atoms with Crippen molar-refractivity contribution in [3.8, 4) is 0 Å². The summed E-state index contributed by atoms with van der Waals surface area (Å²) in [5.41, 5.74) is 4.67. The second kappa shape index (κ2) is 9.09. The number of aliphatic hydroxyl groups excluding tert-OH is 1. The van der Waals surface area contributed by atoms with Crippen molar-refractivity contribution in [1.82, 2.24) is 0 Å². The highest BCUT2D eigenvalue weighted by Gasteiger charge is 1.68. The van der Waals surface area contributed by atoms with Crippen LogP contribution in [0.25, 0.3) is 0 Å². The van der Waals surface area contributed by atoms with Crippen LogP contribution < -0.4 is 5.73 Å². The molecule has 0 amide bonds. The van der Waals surface area contributed by atoms with Gasteiger partial charge in [-0.1, -0.05) is 0 Å². The van der Waals surface area contributed by atoms with E-state index in [9.17, 15) is 0 Å². The van der Waals surface area contributed by atoms with Crippen molar-refractivity contribution >= 4 is 24.8 Å². The Hall–Kier alpha value is 0.500. The highest BCUT2D eigenvalue weighted by molar-refractivity contribution is 5.85. The van der Waals surface area contributed by atoms with Crippen molar-refractivity contribution in [1.29, 1.82) is 0 Å². The van der Waals surface area contributed by atoms with Gasteiger partial charge in [-0.15, -0.1) is 24.8 Å². The van der Waals surface area contributed by atoms with Gasteiger partial charge >= 0.3 is 0 Å². The van der Waals surface area contributed by atoms with Gasteiger partial charge in [-0.3, -0.25) is 0 Å². The summed E-state index contributed by atoms with van der Waals surface area (Å²) in [7, 11) is 0. The molecule has 2 nitrogen and oxygen atoms in total.